The Morgan fingerprint density at radius 1 is 1.14 bits per heavy atom. The van der Waals surface area contributed by atoms with Gasteiger partial charge in [0.15, 0.2) is 5.82 Å². The zero-order chi connectivity index (χ0) is 21.2. The molecule has 0 bridgehead atoms. The summed E-state index contributed by atoms with van der Waals surface area (Å²) in [6.07, 6.45) is 5.22. The summed E-state index contributed by atoms with van der Waals surface area (Å²) in [4.78, 5) is 34.6. The predicted octanol–water partition coefficient (Wildman–Crippen LogP) is 4.56. The number of anilines is 1. The van der Waals surface area contributed by atoms with Gasteiger partial charge in [0.05, 0.1) is 10.7 Å². The lowest BCUT2D eigenvalue weighted by atomic mass is 10.1. The third-order valence-electron chi connectivity index (χ3n) is 3.97. The van der Waals surface area contributed by atoms with Crippen LogP contribution in [0, 0.1) is 10.1 Å². The number of aromatic nitrogens is 2. The first kappa shape index (κ1) is 22.2. The van der Waals surface area contributed by atoms with E-state index in [1.54, 1.807) is 0 Å². The SMILES string of the molecule is CCCCCCCC(=O)Oc1ccc(Cl)cc1C(=O)Nc1ccc([N+](=O)[O-])nn1. The highest BCUT2D eigenvalue weighted by Crippen LogP contribution is 2.25. The first-order chi connectivity index (χ1) is 13.9. The Hall–Kier alpha value is -3.07. The van der Waals surface area contributed by atoms with Gasteiger partial charge in [-0.25, -0.2) is 0 Å². The standard InChI is InChI=1S/C19H21ClN4O5/c1-2-3-4-5-6-7-18(25)29-15-9-8-13(20)12-14(15)19(26)21-16-10-11-17(23-22-16)24(27)28/h8-12H,2-7H2,1H3,(H,21,22,26). The van der Waals surface area contributed by atoms with Gasteiger partial charge in [-0.2, -0.15) is 0 Å². The molecule has 0 unspecified atom stereocenters. The fourth-order valence-electron chi connectivity index (χ4n) is 2.49. The number of hydrogen-bond acceptors (Lipinski definition) is 7. The zero-order valence-electron chi connectivity index (χ0n) is 15.9. The highest BCUT2D eigenvalue weighted by molar-refractivity contribution is 6.31. The van der Waals surface area contributed by atoms with Crippen LogP contribution in [0.15, 0.2) is 30.3 Å². The van der Waals surface area contributed by atoms with E-state index in [2.05, 4.69) is 22.4 Å². The number of hydrogen-bond donors (Lipinski definition) is 1. The number of esters is 1. The molecule has 0 radical (unpaired) electrons. The first-order valence-electron chi connectivity index (χ1n) is 9.20. The second kappa shape index (κ2) is 11.1. The van der Waals surface area contributed by atoms with Gasteiger partial charge >= 0.3 is 11.8 Å². The maximum absolute atomic E-state index is 12.6. The van der Waals surface area contributed by atoms with Gasteiger partial charge in [0.2, 0.25) is 0 Å². The molecule has 1 amide bonds. The summed E-state index contributed by atoms with van der Waals surface area (Å²) in [5.41, 5.74) is 0.0389. The summed E-state index contributed by atoms with van der Waals surface area (Å²) in [7, 11) is 0. The first-order valence-corrected chi connectivity index (χ1v) is 9.58. The Balaban J connectivity index is 2.03. The van der Waals surface area contributed by atoms with Crippen LogP contribution in [0.1, 0.15) is 55.8 Å². The summed E-state index contributed by atoms with van der Waals surface area (Å²) < 4.78 is 5.33. The molecular weight excluding hydrogens is 400 g/mol. The molecule has 0 fully saturated rings. The van der Waals surface area contributed by atoms with Crippen molar-refractivity contribution in [3.63, 3.8) is 0 Å². The fourth-order valence-corrected chi connectivity index (χ4v) is 2.66. The van der Waals surface area contributed by atoms with E-state index in [0.29, 0.717) is 6.42 Å². The number of ether oxygens (including phenoxy) is 1. The van der Waals surface area contributed by atoms with Gasteiger partial charge in [-0.3, -0.25) is 9.59 Å². The number of unbranched alkanes of at least 4 members (excludes halogenated alkanes) is 4. The Bertz CT molecular complexity index is 873. The molecule has 1 aromatic carbocycles. The Morgan fingerprint density at radius 3 is 2.55 bits per heavy atom. The Morgan fingerprint density at radius 2 is 1.90 bits per heavy atom. The van der Waals surface area contributed by atoms with Gasteiger partial charge in [0.25, 0.3) is 5.91 Å². The topological polar surface area (TPSA) is 124 Å². The third-order valence-corrected chi connectivity index (χ3v) is 4.21. The van der Waals surface area contributed by atoms with Gasteiger partial charge in [-0.1, -0.05) is 44.2 Å². The van der Waals surface area contributed by atoms with E-state index in [9.17, 15) is 19.7 Å². The summed E-state index contributed by atoms with van der Waals surface area (Å²) in [6, 6.07) is 6.66. The van der Waals surface area contributed by atoms with Crippen LogP contribution in [0.5, 0.6) is 5.75 Å². The molecule has 2 aromatic rings. The number of amides is 1. The molecule has 10 heteroatoms. The smallest absolute Gasteiger partial charge is 0.390 e. The van der Waals surface area contributed by atoms with Crippen LogP contribution >= 0.6 is 11.6 Å². The normalized spacial score (nSPS) is 10.4. The van der Waals surface area contributed by atoms with Crippen molar-refractivity contribution in [1.29, 1.82) is 0 Å². The molecule has 1 aromatic heterocycles. The van der Waals surface area contributed by atoms with Crippen LogP contribution < -0.4 is 10.1 Å². The largest absolute Gasteiger partial charge is 0.426 e. The molecule has 1 heterocycles. The van der Waals surface area contributed by atoms with Crippen LogP contribution in [0.2, 0.25) is 5.02 Å². The quantitative estimate of drug-likeness (QED) is 0.196. The number of halogens is 1. The predicted molar refractivity (Wildman–Crippen MR) is 107 cm³/mol. The van der Waals surface area contributed by atoms with Gasteiger partial charge in [0.1, 0.15) is 5.75 Å². The van der Waals surface area contributed by atoms with Gasteiger partial charge in [0, 0.05) is 17.5 Å². The van der Waals surface area contributed by atoms with Crippen molar-refractivity contribution >= 4 is 35.1 Å². The zero-order valence-corrected chi connectivity index (χ0v) is 16.6. The minimum atomic E-state index is -0.699. The molecule has 9 nitrogen and oxygen atoms in total. The van der Waals surface area contributed by atoms with E-state index >= 15 is 0 Å². The lowest BCUT2D eigenvalue weighted by Gasteiger charge is -2.10. The highest BCUT2D eigenvalue weighted by Gasteiger charge is 2.18. The summed E-state index contributed by atoms with van der Waals surface area (Å²) >= 11 is 5.96. The number of nitrogens with one attached hydrogen (secondary N) is 1. The van der Waals surface area contributed by atoms with Crippen molar-refractivity contribution in [2.24, 2.45) is 0 Å². The van der Waals surface area contributed by atoms with Crippen LogP contribution in [0.4, 0.5) is 11.6 Å². The number of carbonyl (C=O) groups is 2. The minimum absolute atomic E-state index is 0.00813. The second-order valence-electron chi connectivity index (χ2n) is 6.27. The van der Waals surface area contributed by atoms with Crippen molar-refractivity contribution in [2.75, 3.05) is 5.32 Å². The molecule has 154 valence electrons. The molecule has 0 aliphatic heterocycles. The molecule has 2 rings (SSSR count). The lowest BCUT2D eigenvalue weighted by molar-refractivity contribution is -0.390. The number of nitro groups is 1. The minimum Gasteiger partial charge on any atom is -0.426 e. The van der Waals surface area contributed by atoms with E-state index in [-0.39, 0.29) is 28.6 Å². The Kier molecular flexibility index (Phi) is 8.47. The molecule has 0 spiro atoms. The molecule has 29 heavy (non-hydrogen) atoms. The van der Waals surface area contributed by atoms with E-state index in [1.807, 2.05) is 0 Å². The second-order valence-corrected chi connectivity index (χ2v) is 6.70. The third kappa shape index (κ3) is 7.11. The number of benzene rings is 1. The van der Waals surface area contributed by atoms with E-state index in [4.69, 9.17) is 16.3 Å². The maximum Gasteiger partial charge on any atom is 0.390 e. The molecule has 0 aliphatic rings. The monoisotopic (exact) mass is 420 g/mol. The van der Waals surface area contributed by atoms with Crippen LogP contribution in [-0.2, 0) is 4.79 Å². The number of nitrogens with zero attached hydrogens (tertiary/aromatic N) is 3. The fraction of sp³-hybridized carbons (Fsp3) is 0.368. The highest BCUT2D eigenvalue weighted by atomic mass is 35.5. The number of rotatable bonds is 10. The molecule has 0 aliphatic carbocycles. The van der Waals surface area contributed by atoms with Crippen molar-refractivity contribution in [2.45, 2.75) is 45.4 Å². The van der Waals surface area contributed by atoms with E-state index in [1.165, 1.54) is 24.3 Å². The summed E-state index contributed by atoms with van der Waals surface area (Å²) in [6.45, 7) is 2.11. The van der Waals surface area contributed by atoms with E-state index in [0.717, 1.165) is 31.7 Å². The van der Waals surface area contributed by atoms with Crippen molar-refractivity contribution in [1.82, 2.24) is 10.2 Å². The van der Waals surface area contributed by atoms with Crippen LogP contribution in [-0.4, -0.2) is 27.0 Å². The van der Waals surface area contributed by atoms with E-state index < -0.39 is 22.6 Å². The van der Waals surface area contributed by atoms with Crippen LogP contribution in [0.3, 0.4) is 0 Å². The van der Waals surface area contributed by atoms with Crippen molar-refractivity contribution in [3.05, 3.63) is 51.0 Å². The number of carbonyl (C=O) groups excluding carboxylic acids is 2. The van der Waals surface area contributed by atoms with Crippen molar-refractivity contribution < 1.29 is 19.2 Å². The average molecular weight is 421 g/mol. The van der Waals surface area contributed by atoms with Gasteiger partial charge < -0.3 is 20.2 Å². The van der Waals surface area contributed by atoms with Gasteiger partial charge in [-0.15, -0.1) is 0 Å². The average Bonchev–Trinajstić information content (AvgIpc) is 2.69. The van der Waals surface area contributed by atoms with Crippen LogP contribution in [0.25, 0.3) is 0 Å². The summed E-state index contributed by atoms with van der Waals surface area (Å²) in [5, 5.41) is 20.3. The van der Waals surface area contributed by atoms with Crippen molar-refractivity contribution in [3.8, 4) is 5.75 Å². The molecule has 0 saturated carbocycles. The molecule has 0 saturated heterocycles. The molecule has 1 N–H and O–H groups in total. The maximum atomic E-state index is 12.6. The Labute approximate surface area is 172 Å². The van der Waals surface area contributed by atoms with Gasteiger partial charge in [-0.05, 0) is 40.7 Å². The lowest BCUT2D eigenvalue weighted by Crippen LogP contribution is -2.17. The molecule has 0 atom stereocenters. The summed E-state index contributed by atoms with van der Waals surface area (Å²) in [5.74, 6) is -1.44. The molecular formula is C19H21ClN4O5.